The van der Waals surface area contributed by atoms with Crippen LogP contribution >= 0.6 is 15.9 Å². The molecule has 1 aromatic carbocycles. The van der Waals surface area contributed by atoms with E-state index in [4.69, 9.17) is 0 Å². The zero-order valence-corrected chi connectivity index (χ0v) is 19.3. The van der Waals surface area contributed by atoms with Gasteiger partial charge in [-0.05, 0) is 36.1 Å². The molecule has 0 bridgehead atoms. The van der Waals surface area contributed by atoms with Gasteiger partial charge in [0.2, 0.25) is 10.0 Å². The van der Waals surface area contributed by atoms with Crippen molar-refractivity contribution in [2.75, 3.05) is 17.7 Å². The van der Waals surface area contributed by atoms with Crippen molar-refractivity contribution in [2.24, 2.45) is 5.92 Å². The van der Waals surface area contributed by atoms with Crippen LogP contribution in [0.1, 0.15) is 49.8 Å². The Morgan fingerprint density at radius 1 is 1.24 bits per heavy atom. The second-order valence-electron chi connectivity index (χ2n) is 8.43. The van der Waals surface area contributed by atoms with Gasteiger partial charge in [0, 0.05) is 35.5 Å². The van der Waals surface area contributed by atoms with Gasteiger partial charge < -0.3 is 9.88 Å². The van der Waals surface area contributed by atoms with Gasteiger partial charge in [-0.2, -0.15) is 4.31 Å². The fraction of sp³-hybridized carbons (Fsp3) is 0.571. The summed E-state index contributed by atoms with van der Waals surface area (Å²) < 4.78 is 28.3. The quantitative estimate of drug-likeness (QED) is 0.692. The molecule has 0 spiro atoms. The van der Waals surface area contributed by atoms with Gasteiger partial charge in [-0.15, -0.1) is 0 Å². The van der Waals surface area contributed by atoms with E-state index in [1.54, 1.807) is 10.6 Å². The van der Waals surface area contributed by atoms with E-state index in [9.17, 15) is 8.42 Å². The van der Waals surface area contributed by atoms with Crippen molar-refractivity contribution >= 4 is 31.6 Å². The summed E-state index contributed by atoms with van der Waals surface area (Å²) in [4.78, 5) is 9.66. The van der Waals surface area contributed by atoms with E-state index in [0.29, 0.717) is 25.6 Å². The van der Waals surface area contributed by atoms with E-state index in [2.05, 4.69) is 42.9 Å². The molecule has 1 fully saturated rings. The third-order valence-electron chi connectivity index (χ3n) is 6.22. The van der Waals surface area contributed by atoms with Crippen LogP contribution in [0.5, 0.6) is 0 Å². The summed E-state index contributed by atoms with van der Waals surface area (Å²) in [6.07, 6.45) is 12.1. The maximum Gasteiger partial charge on any atom is 0.211 e. The predicted molar refractivity (Wildman–Crippen MR) is 119 cm³/mol. The Labute approximate surface area is 181 Å². The second kappa shape index (κ2) is 8.78. The van der Waals surface area contributed by atoms with E-state index >= 15 is 0 Å². The van der Waals surface area contributed by atoms with E-state index in [1.165, 1.54) is 38.4 Å². The molecule has 2 aromatic rings. The minimum Gasteiger partial charge on any atom is -0.364 e. The SMILES string of the molecule is CS(=O)(=O)N1Cc2cc(Br)ccc2N(Cc2cnc[nH]2)C[C@H]1CC1CCCCC1. The molecule has 4 rings (SSSR count). The zero-order valence-electron chi connectivity index (χ0n) is 16.8. The third kappa shape index (κ3) is 5.03. The fourth-order valence-corrected chi connectivity index (χ4v) is 6.32. The highest BCUT2D eigenvalue weighted by Crippen LogP contribution is 2.35. The predicted octanol–water partition coefficient (Wildman–Crippen LogP) is 4.29. The number of imidazole rings is 1. The van der Waals surface area contributed by atoms with Crippen LogP contribution in [0, 0.1) is 5.92 Å². The Morgan fingerprint density at radius 3 is 2.72 bits per heavy atom. The molecule has 0 radical (unpaired) electrons. The third-order valence-corrected chi connectivity index (χ3v) is 7.99. The maximum absolute atomic E-state index is 12.8. The molecular formula is C21H29BrN4O2S. The summed E-state index contributed by atoms with van der Waals surface area (Å²) in [5, 5.41) is 0. The first kappa shape index (κ1) is 20.9. The summed E-state index contributed by atoms with van der Waals surface area (Å²) in [5.41, 5.74) is 3.17. The Morgan fingerprint density at radius 2 is 2.03 bits per heavy atom. The molecule has 29 heavy (non-hydrogen) atoms. The lowest BCUT2D eigenvalue weighted by atomic mass is 9.84. The number of benzene rings is 1. The Balaban J connectivity index is 1.69. The molecular weight excluding hydrogens is 452 g/mol. The van der Waals surface area contributed by atoms with Crippen LogP contribution in [0.25, 0.3) is 0 Å². The van der Waals surface area contributed by atoms with Gasteiger partial charge in [0.25, 0.3) is 0 Å². The number of anilines is 1. The van der Waals surface area contributed by atoms with Gasteiger partial charge in [0.1, 0.15) is 0 Å². The molecule has 1 aliphatic carbocycles. The molecule has 1 aromatic heterocycles. The molecule has 8 heteroatoms. The Bertz CT molecular complexity index is 926. The van der Waals surface area contributed by atoms with Crippen molar-refractivity contribution in [1.82, 2.24) is 14.3 Å². The average molecular weight is 481 g/mol. The molecule has 2 aliphatic rings. The average Bonchev–Trinajstić information content (AvgIpc) is 3.13. The van der Waals surface area contributed by atoms with Gasteiger partial charge in [-0.25, -0.2) is 13.4 Å². The molecule has 1 aliphatic heterocycles. The second-order valence-corrected chi connectivity index (χ2v) is 11.3. The molecule has 158 valence electrons. The molecule has 0 unspecified atom stereocenters. The van der Waals surface area contributed by atoms with Crippen molar-refractivity contribution in [3.8, 4) is 0 Å². The molecule has 1 atom stereocenters. The summed E-state index contributed by atoms with van der Waals surface area (Å²) >= 11 is 3.56. The van der Waals surface area contributed by atoms with Gasteiger partial charge in [0.05, 0.1) is 24.8 Å². The number of nitrogens with one attached hydrogen (secondary N) is 1. The van der Waals surface area contributed by atoms with Crippen LogP contribution < -0.4 is 4.90 Å². The monoisotopic (exact) mass is 480 g/mol. The summed E-state index contributed by atoms with van der Waals surface area (Å²) in [6.45, 7) is 1.80. The van der Waals surface area contributed by atoms with Crippen molar-refractivity contribution in [3.05, 3.63) is 46.5 Å². The standard InChI is InChI=1S/C21H29BrN4O2S/c1-29(27,28)26-12-17-10-18(22)7-8-21(17)25(13-19-11-23-15-24-19)14-20(26)9-16-5-3-2-4-6-16/h7-8,10-11,15-16,20H,2-6,9,12-14H2,1H3,(H,23,24)/t20-/m1/s1. The lowest BCUT2D eigenvalue weighted by Gasteiger charge is -2.34. The first-order valence-corrected chi connectivity index (χ1v) is 13.0. The number of sulfonamides is 1. The van der Waals surface area contributed by atoms with Gasteiger partial charge in [-0.1, -0.05) is 48.0 Å². The topological polar surface area (TPSA) is 69.3 Å². The van der Waals surface area contributed by atoms with Crippen molar-refractivity contribution < 1.29 is 8.42 Å². The van der Waals surface area contributed by atoms with Gasteiger partial charge in [0.15, 0.2) is 0 Å². The number of hydrogen-bond donors (Lipinski definition) is 1. The first-order valence-electron chi connectivity index (χ1n) is 10.4. The lowest BCUT2D eigenvalue weighted by molar-refractivity contribution is 0.237. The molecule has 0 saturated heterocycles. The van der Waals surface area contributed by atoms with Crippen LogP contribution in [-0.2, 0) is 23.1 Å². The smallest absolute Gasteiger partial charge is 0.211 e. The highest BCUT2D eigenvalue weighted by atomic mass is 79.9. The maximum atomic E-state index is 12.8. The van der Waals surface area contributed by atoms with Crippen LogP contribution in [0.3, 0.4) is 0 Å². The number of nitrogens with zero attached hydrogens (tertiary/aromatic N) is 3. The number of aromatic nitrogens is 2. The van der Waals surface area contributed by atoms with Crippen LogP contribution in [-0.4, -0.2) is 41.5 Å². The lowest BCUT2D eigenvalue weighted by Crippen LogP contribution is -2.45. The van der Waals surface area contributed by atoms with E-state index in [-0.39, 0.29) is 6.04 Å². The largest absolute Gasteiger partial charge is 0.364 e. The number of rotatable bonds is 5. The number of hydrogen-bond acceptors (Lipinski definition) is 4. The summed E-state index contributed by atoms with van der Waals surface area (Å²) in [7, 11) is -3.32. The summed E-state index contributed by atoms with van der Waals surface area (Å²) in [5.74, 6) is 0.611. The number of halogens is 1. The number of H-pyrrole nitrogens is 1. The highest BCUT2D eigenvalue weighted by molar-refractivity contribution is 9.10. The Kier molecular flexibility index (Phi) is 6.32. The van der Waals surface area contributed by atoms with E-state index in [0.717, 1.165) is 27.8 Å². The van der Waals surface area contributed by atoms with Crippen LogP contribution in [0.15, 0.2) is 35.2 Å². The number of aromatic amines is 1. The van der Waals surface area contributed by atoms with Crippen LogP contribution in [0.2, 0.25) is 0 Å². The van der Waals surface area contributed by atoms with E-state index in [1.807, 2.05) is 12.3 Å². The van der Waals surface area contributed by atoms with Gasteiger partial charge >= 0.3 is 0 Å². The fourth-order valence-electron chi connectivity index (χ4n) is 4.84. The highest BCUT2D eigenvalue weighted by Gasteiger charge is 2.35. The molecule has 6 nitrogen and oxygen atoms in total. The summed E-state index contributed by atoms with van der Waals surface area (Å²) in [6, 6.07) is 6.16. The molecule has 1 saturated carbocycles. The molecule has 0 amide bonds. The van der Waals surface area contributed by atoms with Crippen molar-refractivity contribution in [3.63, 3.8) is 0 Å². The number of fused-ring (bicyclic) bond motifs is 1. The molecule has 2 heterocycles. The van der Waals surface area contributed by atoms with Crippen LogP contribution in [0.4, 0.5) is 5.69 Å². The minimum atomic E-state index is -3.32. The van der Waals surface area contributed by atoms with E-state index < -0.39 is 10.0 Å². The Hall–Kier alpha value is -1.38. The first-order chi connectivity index (χ1) is 13.9. The van der Waals surface area contributed by atoms with Crippen molar-refractivity contribution in [2.45, 2.75) is 57.7 Å². The van der Waals surface area contributed by atoms with Gasteiger partial charge in [-0.3, -0.25) is 0 Å². The van der Waals surface area contributed by atoms with Crippen molar-refractivity contribution in [1.29, 1.82) is 0 Å². The normalized spacial score (nSPS) is 21.7. The zero-order chi connectivity index (χ0) is 20.4. The minimum absolute atomic E-state index is 0.0257. The molecule has 1 N–H and O–H groups in total.